The number of nitrogens with two attached hydrogens (primary N) is 1. The Morgan fingerprint density at radius 3 is 2.40 bits per heavy atom. The molecule has 62 heavy (non-hydrogen) atoms. The van der Waals surface area contributed by atoms with Crippen LogP contribution in [0, 0.1) is 32.3 Å². The molecule has 0 radical (unpaired) electrons. The van der Waals surface area contributed by atoms with E-state index in [0.29, 0.717) is 47.3 Å². The maximum absolute atomic E-state index is 13.3. The van der Waals surface area contributed by atoms with Crippen LogP contribution in [0.5, 0.6) is 11.5 Å². The van der Waals surface area contributed by atoms with Gasteiger partial charge in [0.05, 0.1) is 27.2 Å². The normalized spacial score (nSPS) is 25.3. The van der Waals surface area contributed by atoms with Crippen LogP contribution in [0.3, 0.4) is 0 Å². The van der Waals surface area contributed by atoms with Gasteiger partial charge in [0, 0.05) is 42.5 Å². The second-order valence-electron chi connectivity index (χ2n) is 19.9. The number of carbonyl (C=O) groups is 1. The van der Waals surface area contributed by atoms with Crippen molar-refractivity contribution in [3.8, 4) is 11.5 Å². The van der Waals surface area contributed by atoms with Gasteiger partial charge in [-0.2, -0.15) is 0 Å². The molecule has 0 aliphatic heterocycles. The molecule has 0 amide bonds. The first-order valence-corrected chi connectivity index (χ1v) is 23.8. The highest BCUT2D eigenvalue weighted by atomic mass is 32.2. The number of benzene rings is 2. The lowest BCUT2D eigenvalue weighted by molar-refractivity contribution is -0.384. The summed E-state index contributed by atoms with van der Waals surface area (Å²) in [7, 11) is -4.26. The third-order valence-corrected chi connectivity index (χ3v) is 15.6. The number of nitro benzene ring substituents is 1. The number of carbonyl (C=O) groups excluding carboxylic acids is 1. The molecule has 2 bridgehead atoms. The summed E-state index contributed by atoms with van der Waals surface area (Å²) in [6.07, 6.45) is 14.6. The number of sulfone groups is 1. The zero-order valence-electron chi connectivity index (χ0n) is 37.2. The monoisotopic (exact) mass is 868 g/mol. The average Bonchev–Trinajstić information content (AvgIpc) is 3.66. The Morgan fingerprint density at radius 2 is 1.74 bits per heavy atom. The summed E-state index contributed by atoms with van der Waals surface area (Å²) in [4.78, 5) is 33.9. The van der Waals surface area contributed by atoms with Gasteiger partial charge in [0.1, 0.15) is 28.6 Å². The average molecular weight is 869 g/mol. The summed E-state index contributed by atoms with van der Waals surface area (Å²) >= 11 is 0. The minimum absolute atomic E-state index is 0.0128. The Balaban J connectivity index is 0.000000240. The molecule has 4 saturated carbocycles. The molecule has 2 aromatic heterocycles. The Labute approximate surface area is 366 Å². The van der Waals surface area contributed by atoms with Crippen LogP contribution >= 0.6 is 0 Å². The van der Waals surface area contributed by atoms with Crippen molar-refractivity contribution < 1.29 is 28.0 Å². The van der Waals surface area contributed by atoms with Crippen molar-refractivity contribution in [3.05, 3.63) is 87.7 Å². The number of nitrogens with zero attached hydrogens (tertiary/aromatic N) is 3. The van der Waals surface area contributed by atoms with Crippen LogP contribution in [-0.2, 0) is 9.84 Å². The maximum atomic E-state index is 13.3. The predicted octanol–water partition coefficient (Wildman–Crippen LogP) is 9.88. The van der Waals surface area contributed by atoms with Crippen LogP contribution in [-0.4, -0.2) is 76.6 Å². The van der Waals surface area contributed by atoms with Crippen LogP contribution in [0.25, 0.3) is 11.0 Å². The van der Waals surface area contributed by atoms with E-state index in [-0.39, 0.29) is 27.8 Å². The minimum atomic E-state index is -4.26. The summed E-state index contributed by atoms with van der Waals surface area (Å²) in [5.41, 5.74) is 11.6. The van der Waals surface area contributed by atoms with Crippen LogP contribution in [0.1, 0.15) is 116 Å². The summed E-state index contributed by atoms with van der Waals surface area (Å²) < 4.78 is 32.4. The van der Waals surface area contributed by atoms with E-state index in [0.717, 1.165) is 29.7 Å². The number of ether oxygens (including phenoxy) is 1. The first kappa shape index (κ1) is 45.2. The van der Waals surface area contributed by atoms with E-state index >= 15 is 0 Å². The Kier molecular flexibility index (Phi) is 12.7. The van der Waals surface area contributed by atoms with Crippen molar-refractivity contribution in [1.29, 1.82) is 0 Å². The molecule has 4 aromatic rings. The second kappa shape index (κ2) is 17.4. The van der Waals surface area contributed by atoms with E-state index in [4.69, 9.17) is 10.5 Å². The van der Waals surface area contributed by atoms with Gasteiger partial charge in [-0.3, -0.25) is 19.8 Å². The number of hydrogen-bond donors (Lipinski definition) is 4. The summed E-state index contributed by atoms with van der Waals surface area (Å²) in [6.45, 7) is 18.0. The number of nitrogens with one attached hydrogen (secondary N) is 2. The largest absolute Gasteiger partial charge is 0.455 e. The fraction of sp³-hybridized carbons (Fsp3) is 0.542. The summed E-state index contributed by atoms with van der Waals surface area (Å²) in [6, 6.07) is 11.3. The molecule has 5 aliphatic carbocycles. The van der Waals surface area contributed by atoms with Gasteiger partial charge in [0.25, 0.3) is 5.69 Å². The molecule has 13 nitrogen and oxygen atoms in total. The molecule has 5 N–H and O–H groups in total. The van der Waals surface area contributed by atoms with Crippen LogP contribution in [0.2, 0.25) is 0 Å². The van der Waals surface area contributed by atoms with Crippen molar-refractivity contribution >= 4 is 43.7 Å². The van der Waals surface area contributed by atoms with E-state index < -0.39 is 37.6 Å². The topological polar surface area (TPSA) is 194 Å². The lowest BCUT2D eigenvalue weighted by atomic mass is 9.33. The number of hydrogen-bond acceptors (Lipinski definition) is 11. The van der Waals surface area contributed by atoms with Crippen molar-refractivity contribution in [2.45, 2.75) is 116 Å². The standard InChI is InChI=1S/C29H31N5O7S.C19H33N/c1-29(36)9-6-18(7-10-29)15-32-24-5-3-22(14-25(24)34(37)38)42(39,40)17-26(35)23-4-2-20(30)13-27(23)41-21-12-19-8-11-31-28(19)33-16-21;1-6-20(7-2)11-15-8-9-17(3,4)10-16(15)19-12-18(5,13-19)14-19/h2-5,8,11-14,16,18,32,36H,6-7,9-10,15,17,30H2,1H3,(H,31,33);6-14H2,1-5H3. The molecule has 334 valence electrons. The third kappa shape index (κ3) is 10.0. The number of nitro groups is 1. The lowest BCUT2D eigenvalue weighted by Crippen LogP contribution is -2.61. The molecule has 0 unspecified atom stereocenters. The lowest BCUT2D eigenvalue weighted by Gasteiger charge is -2.72. The van der Waals surface area contributed by atoms with E-state index in [1.807, 2.05) is 11.1 Å². The second-order valence-corrected chi connectivity index (χ2v) is 21.9. The van der Waals surface area contributed by atoms with Gasteiger partial charge in [-0.15, -0.1) is 0 Å². The number of pyridine rings is 1. The number of allylic oxidation sites excluding steroid dienone is 1. The number of fused-ring (bicyclic) bond motifs is 1. The Morgan fingerprint density at radius 1 is 1.03 bits per heavy atom. The number of rotatable bonds is 15. The van der Waals surface area contributed by atoms with E-state index in [1.165, 1.54) is 94.7 Å². The van der Waals surface area contributed by atoms with E-state index in [1.54, 1.807) is 25.3 Å². The number of aromatic nitrogens is 2. The molecule has 0 saturated heterocycles. The molecule has 2 aromatic carbocycles. The number of H-pyrrole nitrogens is 1. The summed E-state index contributed by atoms with van der Waals surface area (Å²) in [5, 5.41) is 25.8. The van der Waals surface area contributed by atoms with Gasteiger partial charge >= 0.3 is 0 Å². The van der Waals surface area contributed by atoms with Gasteiger partial charge in [-0.05, 0) is 143 Å². The molecular weight excluding hydrogens is 805 g/mol. The smallest absolute Gasteiger partial charge is 0.293 e. The number of Topliss-reactive ketones (excluding diaryl/α,β-unsaturated/α-hetero) is 1. The predicted molar refractivity (Wildman–Crippen MR) is 244 cm³/mol. The maximum Gasteiger partial charge on any atom is 0.293 e. The zero-order chi connectivity index (χ0) is 44.7. The fourth-order valence-electron chi connectivity index (χ4n) is 10.5. The minimum Gasteiger partial charge on any atom is -0.455 e. The van der Waals surface area contributed by atoms with E-state index in [2.05, 4.69) is 54.8 Å². The number of nitrogen functional groups attached to an aromatic ring is 1. The molecule has 5 aliphatic rings. The number of aliphatic hydroxyl groups is 1. The third-order valence-electron chi connectivity index (χ3n) is 13.9. The van der Waals surface area contributed by atoms with E-state index in [9.17, 15) is 28.4 Å². The van der Waals surface area contributed by atoms with Crippen molar-refractivity contribution in [1.82, 2.24) is 14.9 Å². The number of anilines is 2. The molecule has 0 spiro atoms. The molecule has 4 fully saturated rings. The van der Waals surface area contributed by atoms with Crippen LogP contribution in [0.15, 0.2) is 77.0 Å². The fourth-order valence-corrected chi connectivity index (χ4v) is 11.7. The van der Waals surface area contributed by atoms with Gasteiger partial charge in [0.15, 0.2) is 15.6 Å². The molecular formula is C48H64N6O7S. The molecule has 0 atom stereocenters. The summed E-state index contributed by atoms with van der Waals surface area (Å²) in [5.74, 6) is -1.10. The quantitative estimate of drug-likeness (QED) is 0.0292. The van der Waals surface area contributed by atoms with Gasteiger partial charge in [0.2, 0.25) is 0 Å². The molecule has 14 heteroatoms. The van der Waals surface area contributed by atoms with Crippen molar-refractivity contribution in [3.63, 3.8) is 0 Å². The molecule has 9 rings (SSSR count). The highest BCUT2D eigenvalue weighted by Gasteiger charge is 2.66. The number of likely N-dealkylation sites (N-methyl/N-ethyl adjacent to an activating group) is 1. The number of aromatic amines is 1. The highest BCUT2D eigenvalue weighted by Crippen LogP contribution is 2.77. The molecule has 2 heterocycles. The first-order chi connectivity index (χ1) is 29.2. The Bertz CT molecular complexity index is 2440. The first-order valence-electron chi connectivity index (χ1n) is 22.2. The van der Waals surface area contributed by atoms with Crippen molar-refractivity contribution in [2.24, 2.45) is 22.2 Å². The van der Waals surface area contributed by atoms with Gasteiger partial charge in [-0.1, -0.05) is 45.8 Å². The van der Waals surface area contributed by atoms with Crippen molar-refractivity contribution in [2.75, 3.05) is 43.0 Å². The van der Waals surface area contributed by atoms with Gasteiger partial charge < -0.3 is 25.9 Å². The van der Waals surface area contributed by atoms with Crippen LogP contribution < -0.4 is 15.8 Å². The van der Waals surface area contributed by atoms with Gasteiger partial charge in [-0.25, -0.2) is 13.4 Å². The SMILES string of the molecule is CC1(O)CCC(CNc2ccc(S(=O)(=O)CC(=O)c3ccc(N)cc3Oc3cnc4[nH]ccc4c3)cc2[N+](=O)[O-])CC1.CCN(CC)CC1=C(C23CC(C)(C2)C3)CC(C)(C)CC1. The highest BCUT2D eigenvalue weighted by molar-refractivity contribution is 7.92. The number of ketones is 1. The van der Waals surface area contributed by atoms with Crippen LogP contribution in [0.4, 0.5) is 17.1 Å². The zero-order valence-corrected chi connectivity index (χ0v) is 38.0. The Hall–Kier alpha value is -4.79.